The highest BCUT2D eigenvalue weighted by atomic mass is 35.5. The van der Waals surface area contributed by atoms with E-state index in [1.807, 2.05) is 36.4 Å². The van der Waals surface area contributed by atoms with Crippen molar-refractivity contribution in [2.24, 2.45) is 5.73 Å². The maximum Gasteiger partial charge on any atom is 0.119 e. The maximum absolute atomic E-state index is 6.30. The summed E-state index contributed by atoms with van der Waals surface area (Å²) in [6.07, 6.45) is 0.851. The quantitative estimate of drug-likeness (QED) is 0.905. The Hall–Kier alpha value is -1.16. The minimum atomic E-state index is 0.638. The van der Waals surface area contributed by atoms with E-state index in [4.69, 9.17) is 22.1 Å². The molecule has 0 atom stereocenters. The van der Waals surface area contributed by atoms with Gasteiger partial charge in [-0.05, 0) is 48.9 Å². The first-order chi connectivity index (χ1) is 9.22. The molecule has 2 aromatic rings. The van der Waals surface area contributed by atoms with Gasteiger partial charge in [0.25, 0.3) is 0 Å². The first-order valence-electron chi connectivity index (χ1n) is 6.03. The molecule has 0 heterocycles. The predicted molar refractivity (Wildman–Crippen MR) is 81.3 cm³/mol. The van der Waals surface area contributed by atoms with Crippen LogP contribution in [-0.4, -0.2) is 13.7 Å². The summed E-state index contributed by atoms with van der Waals surface area (Å²) < 4.78 is 5.21. The summed E-state index contributed by atoms with van der Waals surface area (Å²) in [5.74, 6) is 0.848. The van der Waals surface area contributed by atoms with Crippen LogP contribution in [0.15, 0.2) is 52.3 Å². The standard InChI is InChI=1S/C15H16ClNOS/c1-18-12-3-2-4-13(10-12)19-15-6-5-11(7-8-17)9-14(15)16/h2-6,9-10H,7-8,17H2,1H3. The normalized spacial score (nSPS) is 10.5. The van der Waals surface area contributed by atoms with Crippen molar-refractivity contribution < 1.29 is 4.74 Å². The van der Waals surface area contributed by atoms with E-state index in [2.05, 4.69) is 6.07 Å². The second-order valence-corrected chi connectivity index (χ2v) is 5.61. The Bertz CT molecular complexity index is 560. The first-order valence-corrected chi connectivity index (χ1v) is 7.23. The number of halogens is 1. The molecule has 0 aliphatic rings. The number of hydrogen-bond acceptors (Lipinski definition) is 3. The Morgan fingerprint density at radius 2 is 2.05 bits per heavy atom. The third kappa shape index (κ3) is 3.90. The zero-order valence-corrected chi connectivity index (χ0v) is 12.3. The Labute approximate surface area is 122 Å². The molecule has 2 aromatic carbocycles. The Balaban J connectivity index is 2.18. The molecular formula is C15H16ClNOS. The van der Waals surface area contributed by atoms with Crippen LogP contribution in [0.4, 0.5) is 0 Å². The molecule has 0 unspecified atom stereocenters. The summed E-state index contributed by atoms with van der Waals surface area (Å²) >= 11 is 7.92. The number of nitrogens with two attached hydrogens (primary N) is 1. The average Bonchev–Trinajstić information content (AvgIpc) is 2.42. The minimum Gasteiger partial charge on any atom is -0.497 e. The maximum atomic E-state index is 6.30. The van der Waals surface area contributed by atoms with Gasteiger partial charge >= 0.3 is 0 Å². The van der Waals surface area contributed by atoms with Gasteiger partial charge in [-0.25, -0.2) is 0 Å². The highest BCUT2D eigenvalue weighted by Crippen LogP contribution is 2.35. The second-order valence-electron chi connectivity index (χ2n) is 4.08. The number of rotatable bonds is 5. The topological polar surface area (TPSA) is 35.2 Å². The molecule has 0 aliphatic heterocycles. The number of benzene rings is 2. The molecule has 0 spiro atoms. The molecule has 2 nitrogen and oxygen atoms in total. The lowest BCUT2D eigenvalue weighted by Gasteiger charge is -2.07. The Morgan fingerprint density at radius 1 is 1.21 bits per heavy atom. The molecule has 0 saturated carbocycles. The monoisotopic (exact) mass is 293 g/mol. The van der Waals surface area contributed by atoms with Crippen molar-refractivity contribution in [2.45, 2.75) is 16.2 Å². The van der Waals surface area contributed by atoms with Crippen molar-refractivity contribution in [3.63, 3.8) is 0 Å². The van der Waals surface area contributed by atoms with Gasteiger partial charge in [-0.1, -0.05) is 35.5 Å². The highest BCUT2D eigenvalue weighted by Gasteiger charge is 2.05. The first kappa shape index (κ1) is 14.3. The van der Waals surface area contributed by atoms with E-state index >= 15 is 0 Å². The Morgan fingerprint density at radius 3 is 2.74 bits per heavy atom. The third-order valence-electron chi connectivity index (χ3n) is 2.70. The van der Waals surface area contributed by atoms with Crippen LogP contribution in [-0.2, 0) is 6.42 Å². The second kappa shape index (κ2) is 6.85. The van der Waals surface area contributed by atoms with Gasteiger partial charge in [0.15, 0.2) is 0 Å². The van der Waals surface area contributed by atoms with Crippen molar-refractivity contribution in [2.75, 3.05) is 13.7 Å². The molecule has 4 heteroatoms. The van der Waals surface area contributed by atoms with Gasteiger partial charge in [-0.3, -0.25) is 0 Å². The fourth-order valence-corrected chi connectivity index (χ4v) is 2.93. The summed E-state index contributed by atoms with van der Waals surface area (Å²) in [6, 6.07) is 14.0. The van der Waals surface area contributed by atoms with E-state index in [-0.39, 0.29) is 0 Å². The summed E-state index contributed by atoms with van der Waals surface area (Å²) in [6.45, 7) is 0.638. The van der Waals surface area contributed by atoms with Gasteiger partial charge in [0.05, 0.1) is 12.1 Å². The lowest BCUT2D eigenvalue weighted by molar-refractivity contribution is 0.413. The summed E-state index contributed by atoms with van der Waals surface area (Å²) in [5.41, 5.74) is 6.71. The van der Waals surface area contributed by atoms with Crippen molar-refractivity contribution in [3.05, 3.63) is 53.1 Å². The molecule has 2 rings (SSSR count). The number of hydrogen-bond donors (Lipinski definition) is 1. The summed E-state index contributed by atoms with van der Waals surface area (Å²) in [7, 11) is 1.67. The van der Waals surface area contributed by atoms with Crippen LogP contribution in [0.2, 0.25) is 5.02 Å². The van der Waals surface area contributed by atoms with Crippen LogP contribution < -0.4 is 10.5 Å². The van der Waals surface area contributed by atoms with E-state index < -0.39 is 0 Å². The summed E-state index contributed by atoms with van der Waals surface area (Å²) in [4.78, 5) is 2.14. The van der Waals surface area contributed by atoms with Gasteiger partial charge in [0.1, 0.15) is 5.75 Å². The zero-order chi connectivity index (χ0) is 13.7. The minimum absolute atomic E-state index is 0.638. The molecule has 0 radical (unpaired) electrons. The van der Waals surface area contributed by atoms with Gasteiger partial charge in [-0.2, -0.15) is 0 Å². The van der Waals surface area contributed by atoms with Crippen LogP contribution in [0.3, 0.4) is 0 Å². The van der Waals surface area contributed by atoms with Crippen LogP contribution in [0.5, 0.6) is 5.75 Å². The predicted octanol–water partition coefficient (Wildman–Crippen LogP) is 4.00. The third-order valence-corrected chi connectivity index (χ3v) is 4.19. The van der Waals surface area contributed by atoms with E-state index in [1.54, 1.807) is 18.9 Å². The molecule has 0 fully saturated rings. The lowest BCUT2D eigenvalue weighted by Crippen LogP contribution is -2.02. The zero-order valence-electron chi connectivity index (χ0n) is 10.7. The van der Waals surface area contributed by atoms with Crippen LogP contribution in [0.25, 0.3) is 0 Å². The smallest absolute Gasteiger partial charge is 0.119 e. The van der Waals surface area contributed by atoms with Crippen LogP contribution >= 0.6 is 23.4 Å². The van der Waals surface area contributed by atoms with Crippen molar-refractivity contribution >= 4 is 23.4 Å². The molecule has 19 heavy (non-hydrogen) atoms. The van der Waals surface area contributed by atoms with Crippen molar-refractivity contribution in [1.29, 1.82) is 0 Å². The van der Waals surface area contributed by atoms with Gasteiger partial charge in [-0.15, -0.1) is 0 Å². The largest absolute Gasteiger partial charge is 0.497 e. The van der Waals surface area contributed by atoms with Crippen molar-refractivity contribution in [1.82, 2.24) is 0 Å². The number of methoxy groups -OCH3 is 1. The molecule has 0 aromatic heterocycles. The SMILES string of the molecule is COc1cccc(Sc2ccc(CCN)cc2Cl)c1. The molecular weight excluding hydrogens is 278 g/mol. The molecule has 0 saturated heterocycles. The molecule has 0 amide bonds. The van der Waals surface area contributed by atoms with Crippen LogP contribution in [0, 0.1) is 0 Å². The van der Waals surface area contributed by atoms with Gasteiger partial charge in [0, 0.05) is 9.79 Å². The van der Waals surface area contributed by atoms with E-state index in [9.17, 15) is 0 Å². The molecule has 100 valence electrons. The highest BCUT2D eigenvalue weighted by molar-refractivity contribution is 7.99. The fourth-order valence-electron chi connectivity index (χ4n) is 1.74. The van der Waals surface area contributed by atoms with Gasteiger partial charge in [0.2, 0.25) is 0 Å². The lowest BCUT2D eigenvalue weighted by atomic mass is 10.1. The van der Waals surface area contributed by atoms with Crippen LogP contribution in [0.1, 0.15) is 5.56 Å². The molecule has 2 N–H and O–H groups in total. The fraction of sp³-hybridized carbons (Fsp3) is 0.200. The molecule has 0 bridgehead atoms. The Kier molecular flexibility index (Phi) is 5.14. The van der Waals surface area contributed by atoms with E-state index in [1.165, 1.54) is 5.56 Å². The average molecular weight is 294 g/mol. The summed E-state index contributed by atoms with van der Waals surface area (Å²) in [5, 5.41) is 0.763. The van der Waals surface area contributed by atoms with E-state index in [0.29, 0.717) is 6.54 Å². The van der Waals surface area contributed by atoms with Crippen molar-refractivity contribution in [3.8, 4) is 5.75 Å². The molecule has 0 aliphatic carbocycles. The van der Waals surface area contributed by atoms with Gasteiger partial charge < -0.3 is 10.5 Å². The number of ether oxygens (including phenoxy) is 1. The van der Waals surface area contributed by atoms with E-state index in [0.717, 1.165) is 27.0 Å².